The van der Waals surface area contributed by atoms with E-state index in [0.29, 0.717) is 11.4 Å². The van der Waals surface area contributed by atoms with Gasteiger partial charge in [0.1, 0.15) is 0 Å². The fourth-order valence-electron chi connectivity index (χ4n) is 1.61. The molecule has 106 valence electrons. The zero-order chi connectivity index (χ0) is 15.1. The van der Waals surface area contributed by atoms with Gasteiger partial charge in [-0.3, -0.25) is 4.79 Å². The number of carbonyl (C=O) groups excluding carboxylic acids is 1. The van der Waals surface area contributed by atoms with Crippen molar-refractivity contribution in [2.24, 2.45) is 10.2 Å². The van der Waals surface area contributed by atoms with Crippen LogP contribution >= 0.6 is 0 Å². The molecule has 0 aliphatic carbocycles. The van der Waals surface area contributed by atoms with Crippen molar-refractivity contribution in [3.05, 3.63) is 61.2 Å². The second kappa shape index (κ2) is 7.00. The highest BCUT2D eigenvalue weighted by molar-refractivity contribution is 5.98. The number of hydrogen-bond acceptors (Lipinski definition) is 4. The number of benzene rings is 2. The van der Waals surface area contributed by atoms with E-state index in [1.54, 1.807) is 24.3 Å². The Labute approximate surface area is 123 Å². The lowest BCUT2D eigenvalue weighted by Gasteiger charge is -2.01. The maximum Gasteiger partial charge on any atom is 0.247 e. The monoisotopic (exact) mass is 280 g/mol. The number of carbonyl (C=O) groups is 1. The van der Waals surface area contributed by atoms with Crippen molar-refractivity contribution in [1.29, 1.82) is 0 Å². The fraction of sp³-hybridized carbons (Fsp3) is 0.0625. The summed E-state index contributed by atoms with van der Waals surface area (Å²) in [7, 11) is 1.86. The second-order valence-electron chi connectivity index (χ2n) is 4.24. The molecule has 0 atom stereocenters. The molecule has 0 aromatic heterocycles. The van der Waals surface area contributed by atoms with E-state index < -0.39 is 0 Å². The third-order valence-corrected chi connectivity index (χ3v) is 2.76. The summed E-state index contributed by atoms with van der Waals surface area (Å²) in [6, 6.07) is 14.7. The number of nitrogens with one attached hydrogen (secondary N) is 2. The van der Waals surface area contributed by atoms with Crippen LogP contribution in [-0.4, -0.2) is 13.0 Å². The van der Waals surface area contributed by atoms with Crippen LogP contribution in [0.2, 0.25) is 0 Å². The molecule has 0 radical (unpaired) electrons. The Bertz CT molecular complexity index is 645. The molecule has 2 aromatic rings. The van der Waals surface area contributed by atoms with Gasteiger partial charge in [0.25, 0.3) is 0 Å². The van der Waals surface area contributed by atoms with Gasteiger partial charge in [-0.15, -0.1) is 0 Å². The molecule has 5 heteroatoms. The summed E-state index contributed by atoms with van der Waals surface area (Å²) in [6.07, 6.45) is 1.22. The molecule has 0 spiro atoms. The number of azo groups is 1. The summed E-state index contributed by atoms with van der Waals surface area (Å²) in [6.45, 7) is 3.40. The molecule has 0 saturated heterocycles. The van der Waals surface area contributed by atoms with Crippen LogP contribution in [0.4, 0.5) is 22.7 Å². The minimum absolute atomic E-state index is 0.242. The van der Waals surface area contributed by atoms with E-state index in [1.807, 2.05) is 31.3 Å². The van der Waals surface area contributed by atoms with Gasteiger partial charge < -0.3 is 10.6 Å². The molecule has 0 saturated carbocycles. The first-order valence-electron chi connectivity index (χ1n) is 6.44. The Morgan fingerprint density at radius 3 is 1.86 bits per heavy atom. The van der Waals surface area contributed by atoms with Gasteiger partial charge in [0.2, 0.25) is 5.91 Å². The summed E-state index contributed by atoms with van der Waals surface area (Å²) in [5, 5.41) is 14.0. The van der Waals surface area contributed by atoms with Crippen LogP contribution in [0, 0.1) is 0 Å². The molecular weight excluding hydrogens is 264 g/mol. The molecule has 2 rings (SSSR count). The molecule has 0 aliphatic rings. The van der Waals surface area contributed by atoms with E-state index in [1.165, 1.54) is 6.08 Å². The average Bonchev–Trinajstić information content (AvgIpc) is 2.54. The van der Waals surface area contributed by atoms with E-state index in [2.05, 4.69) is 27.4 Å². The molecule has 0 aliphatic heterocycles. The fourth-order valence-corrected chi connectivity index (χ4v) is 1.61. The molecule has 0 bridgehead atoms. The quantitative estimate of drug-likeness (QED) is 0.634. The molecule has 1 amide bonds. The molecular formula is C16H16N4O. The van der Waals surface area contributed by atoms with E-state index >= 15 is 0 Å². The number of anilines is 2. The first-order valence-corrected chi connectivity index (χ1v) is 6.44. The van der Waals surface area contributed by atoms with Crippen LogP contribution < -0.4 is 10.6 Å². The zero-order valence-electron chi connectivity index (χ0n) is 11.7. The predicted octanol–water partition coefficient (Wildman–Crippen LogP) is 4.27. The standard InChI is InChI=1S/C16H16N4O/c1-3-16(21)18-13-6-10-15(11-7-13)20-19-14-8-4-12(17-2)5-9-14/h3-11,17H,1H2,2H3,(H,18,21)/b20-19+. The van der Waals surface area contributed by atoms with E-state index in [0.717, 1.165) is 11.4 Å². The Kier molecular flexibility index (Phi) is 4.82. The van der Waals surface area contributed by atoms with Gasteiger partial charge in [-0.05, 0) is 54.6 Å². The van der Waals surface area contributed by atoms with Gasteiger partial charge in [0.05, 0.1) is 11.4 Å². The third-order valence-electron chi connectivity index (χ3n) is 2.76. The lowest BCUT2D eigenvalue weighted by atomic mass is 10.3. The Balaban J connectivity index is 2.03. The Morgan fingerprint density at radius 1 is 0.952 bits per heavy atom. The maximum absolute atomic E-state index is 11.2. The molecule has 0 fully saturated rings. The van der Waals surface area contributed by atoms with Crippen LogP contribution in [0.1, 0.15) is 0 Å². The number of amides is 1. The van der Waals surface area contributed by atoms with Crippen LogP contribution in [0.15, 0.2) is 71.4 Å². The molecule has 5 nitrogen and oxygen atoms in total. The normalized spacial score (nSPS) is 10.3. The number of hydrogen-bond donors (Lipinski definition) is 2. The van der Waals surface area contributed by atoms with Crippen molar-refractivity contribution < 1.29 is 4.79 Å². The van der Waals surface area contributed by atoms with Crippen LogP contribution in [-0.2, 0) is 4.79 Å². The zero-order valence-corrected chi connectivity index (χ0v) is 11.7. The van der Waals surface area contributed by atoms with Crippen molar-refractivity contribution in [2.45, 2.75) is 0 Å². The molecule has 0 heterocycles. The average molecular weight is 280 g/mol. The first kappa shape index (κ1) is 14.5. The summed E-state index contributed by atoms with van der Waals surface area (Å²) >= 11 is 0. The number of rotatable bonds is 5. The van der Waals surface area contributed by atoms with Crippen molar-refractivity contribution in [1.82, 2.24) is 0 Å². The van der Waals surface area contributed by atoms with Gasteiger partial charge in [-0.1, -0.05) is 6.58 Å². The molecule has 2 N–H and O–H groups in total. The molecule has 21 heavy (non-hydrogen) atoms. The maximum atomic E-state index is 11.2. The van der Waals surface area contributed by atoms with Crippen LogP contribution in [0.25, 0.3) is 0 Å². The third kappa shape index (κ3) is 4.28. The van der Waals surface area contributed by atoms with Crippen molar-refractivity contribution >= 4 is 28.7 Å². The van der Waals surface area contributed by atoms with E-state index in [9.17, 15) is 4.79 Å². The Hall–Kier alpha value is -2.95. The van der Waals surface area contributed by atoms with Gasteiger partial charge in [-0.2, -0.15) is 10.2 Å². The van der Waals surface area contributed by atoms with E-state index in [-0.39, 0.29) is 5.91 Å². The number of nitrogens with zero attached hydrogens (tertiary/aromatic N) is 2. The summed E-state index contributed by atoms with van der Waals surface area (Å²) in [4.78, 5) is 11.2. The molecule has 0 unspecified atom stereocenters. The highest BCUT2D eigenvalue weighted by Gasteiger charge is 1.97. The van der Waals surface area contributed by atoms with Gasteiger partial charge >= 0.3 is 0 Å². The lowest BCUT2D eigenvalue weighted by molar-refractivity contribution is -0.111. The predicted molar refractivity (Wildman–Crippen MR) is 85.4 cm³/mol. The Morgan fingerprint density at radius 2 is 1.43 bits per heavy atom. The van der Waals surface area contributed by atoms with Crippen molar-refractivity contribution in [3.8, 4) is 0 Å². The molecule has 2 aromatic carbocycles. The second-order valence-corrected chi connectivity index (χ2v) is 4.24. The highest BCUT2D eigenvalue weighted by Crippen LogP contribution is 2.21. The SMILES string of the molecule is C=CC(=O)Nc1ccc(/N=N/c2ccc(NC)cc2)cc1. The van der Waals surface area contributed by atoms with Crippen molar-refractivity contribution in [3.63, 3.8) is 0 Å². The summed E-state index contributed by atoms with van der Waals surface area (Å²) in [5.74, 6) is -0.242. The van der Waals surface area contributed by atoms with Crippen molar-refractivity contribution in [2.75, 3.05) is 17.7 Å². The van der Waals surface area contributed by atoms with Gasteiger partial charge in [0, 0.05) is 18.4 Å². The van der Waals surface area contributed by atoms with E-state index in [4.69, 9.17) is 0 Å². The van der Waals surface area contributed by atoms with Gasteiger partial charge in [-0.25, -0.2) is 0 Å². The van der Waals surface area contributed by atoms with Gasteiger partial charge in [0.15, 0.2) is 0 Å². The smallest absolute Gasteiger partial charge is 0.247 e. The lowest BCUT2D eigenvalue weighted by Crippen LogP contribution is -2.06. The summed E-state index contributed by atoms with van der Waals surface area (Å²) in [5.41, 5.74) is 3.20. The highest BCUT2D eigenvalue weighted by atomic mass is 16.1. The van der Waals surface area contributed by atoms with Crippen LogP contribution in [0.5, 0.6) is 0 Å². The first-order chi connectivity index (χ1) is 10.2. The largest absolute Gasteiger partial charge is 0.388 e. The summed E-state index contributed by atoms with van der Waals surface area (Å²) < 4.78 is 0. The topological polar surface area (TPSA) is 65.8 Å². The van der Waals surface area contributed by atoms with Crippen LogP contribution in [0.3, 0.4) is 0 Å². The minimum atomic E-state index is -0.242. The minimum Gasteiger partial charge on any atom is -0.388 e.